The van der Waals surface area contributed by atoms with Crippen molar-refractivity contribution < 1.29 is 26.3 Å². The van der Waals surface area contributed by atoms with Crippen LogP contribution in [-0.4, -0.2) is 25.3 Å². The van der Waals surface area contributed by atoms with Gasteiger partial charge in [-0.3, -0.25) is 0 Å². The summed E-state index contributed by atoms with van der Waals surface area (Å²) in [6.07, 6.45) is -2.63. The van der Waals surface area contributed by atoms with Crippen molar-refractivity contribution in [3.63, 3.8) is 0 Å². The van der Waals surface area contributed by atoms with E-state index in [4.69, 9.17) is 9.88 Å². The lowest BCUT2D eigenvalue weighted by atomic mass is 10.0. The standard InChI is InChI=1S/C20H18F3N3O3S/c1-29-18-9-4-13(10-16(18)12-2-3-12)17-11-19(20(21,22)23)25-26(17)14-5-7-15(8-6-14)30(24,27)28/h4-12H,2-3H2,1H3,(H2,24,27,28). The average molecular weight is 437 g/mol. The van der Waals surface area contributed by atoms with Crippen molar-refractivity contribution in [1.29, 1.82) is 0 Å². The van der Waals surface area contributed by atoms with Crippen molar-refractivity contribution in [2.24, 2.45) is 5.14 Å². The van der Waals surface area contributed by atoms with Gasteiger partial charge in [-0.2, -0.15) is 18.3 Å². The van der Waals surface area contributed by atoms with E-state index in [-0.39, 0.29) is 16.3 Å². The predicted molar refractivity (Wildman–Crippen MR) is 104 cm³/mol. The fourth-order valence-electron chi connectivity index (χ4n) is 3.31. The average Bonchev–Trinajstić information content (AvgIpc) is 3.43. The molecule has 0 spiro atoms. The van der Waals surface area contributed by atoms with Crippen molar-refractivity contribution >= 4 is 10.0 Å². The Hall–Kier alpha value is -2.85. The molecule has 0 atom stereocenters. The Morgan fingerprint density at radius 3 is 2.30 bits per heavy atom. The topological polar surface area (TPSA) is 87.2 Å². The molecule has 1 saturated carbocycles. The molecule has 0 bridgehead atoms. The Kier molecular flexibility index (Phi) is 4.86. The van der Waals surface area contributed by atoms with Crippen LogP contribution < -0.4 is 9.88 Å². The van der Waals surface area contributed by atoms with Crippen molar-refractivity contribution in [1.82, 2.24) is 9.78 Å². The fraction of sp³-hybridized carbons (Fsp3) is 0.250. The van der Waals surface area contributed by atoms with Crippen LogP contribution >= 0.6 is 0 Å². The maximum Gasteiger partial charge on any atom is 0.435 e. The molecular weight excluding hydrogens is 419 g/mol. The Balaban J connectivity index is 1.86. The molecule has 0 aliphatic heterocycles. The highest BCUT2D eigenvalue weighted by Gasteiger charge is 2.35. The maximum atomic E-state index is 13.4. The first-order valence-corrected chi connectivity index (χ1v) is 10.6. The number of alkyl halides is 3. The predicted octanol–water partition coefficient (Wildman–Crippen LogP) is 4.09. The number of primary sulfonamides is 1. The number of hydrogen-bond acceptors (Lipinski definition) is 4. The van der Waals surface area contributed by atoms with Gasteiger partial charge in [0.2, 0.25) is 10.0 Å². The first kappa shape index (κ1) is 20.4. The van der Waals surface area contributed by atoms with Crippen LogP contribution in [0.4, 0.5) is 13.2 Å². The van der Waals surface area contributed by atoms with Crippen LogP contribution in [0.1, 0.15) is 30.0 Å². The van der Waals surface area contributed by atoms with Crippen LogP contribution in [0, 0.1) is 0 Å². The molecule has 0 unspecified atom stereocenters. The van der Waals surface area contributed by atoms with Gasteiger partial charge in [0.05, 0.1) is 23.4 Å². The number of sulfonamides is 1. The number of benzene rings is 2. The Bertz CT molecular complexity index is 1200. The molecule has 2 aromatic carbocycles. The molecule has 0 amide bonds. The summed E-state index contributed by atoms with van der Waals surface area (Å²) in [6.45, 7) is 0. The van der Waals surface area contributed by atoms with Crippen molar-refractivity contribution in [2.75, 3.05) is 7.11 Å². The molecule has 4 rings (SSSR count). The normalized spacial score (nSPS) is 14.7. The van der Waals surface area contributed by atoms with E-state index in [0.29, 0.717) is 17.2 Å². The van der Waals surface area contributed by atoms with Crippen LogP contribution in [0.15, 0.2) is 53.4 Å². The Labute approximate surface area is 171 Å². The highest BCUT2D eigenvalue weighted by Crippen LogP contribution is 2.46. The summed E-state index contributed by atoms with van der Waals surface area (Å²) in [4.78, 5) is -0.142. The summed E-state index contributed by atoms with van der Waals surface area (Å²) >= 11 is 0. The van der Waals surface area contributed by atoms with Gasteiger partial charge in [0.15, 0.2) is 5.69 Å². The van der Waals surface area contributed by atoms with Crippen LogP contribution in [0.5, 0.6) is 5.75 Å². The highest BCUT2D eigenvalue weighted by atomic mass is 32.2. The van der Waals surface area contributed by atoms with Gasteiger partial charge in [0.25, 0.3) is 0 Å². The lowest BCUT2D eigenvalue weighted by Crippen LogP contribution is -2.12. The van der Waals surface area contributed by atoms with Crippen molar-refractivity contribution in [3.8, 4) is 22.7 Å². The summed E-state index contributed by atoms with van der Waals surface area (Å²) in [7, 11) is -2.37. The van der Waals surface area contributed by atoms with E-state index in [0.717, 1.165) is 29.2 Å². The molecule has 1 fully saturated rings. The van der Waals surface area contributed by atoms with Gasteiger partial charge < -0.3 is 4.74 Å². The van der Waals surface area contributed by atoms with E-state index in [1.54, 1.807) is 19.2 Å². The largest absolute Gasteiger partial charge is 0.496 e. The molecule has 1 heterocycles. The van der Waals surface area contributed by atoms with E-state index < -0.39 is 21.9 Å². The molecule has 2 N–H and O–H groups in total. The van der Waals surface area contributed by atoms with E-state index >= 15 is 0 Å². The summed E-state index contributed by atoms with van der Waals surface area (Å²) in [5, 5.41) is 8.83. The number of halogens is 3. The third-order valence-electron chi connectivity index (χ3n) is 4.95. The summed E-state index contributed by atoms with van der Waals surface area (Å²) in [5.74, 6) is 1.02. The SMILES string of the molecule is COc1ccc(-c2cc(C(F)(F)F)nn2-c2ccc(S(N)(=O)=O)cc2)cc1C1CC1. The molecule has 0 saturated heterocycles. The summed E-state index contributed by atoms with van der Waals surface area (Å²) < 4.78 is 69.6. The minimum atomic E-state index is -4.63. The number of methoxy groups -OCH3 is 1. The van der Waals surface area contributed by atoms with Gasteiger partial charge in [-0.25, -0.2) is 18.2 Å². The molecule has 0 radical (unpaired) electrons. The summed E-state index contributed by atoms with van der Waals surface area (Å²) in [6, 6.07) is 11.4. The van der Waals surface area contributed by atoms with E-state index in [1.165, 1.54) is 24.3 Å². The van der Waals surface area contributed by atoms with Crippen LogP contribution in [-0.2, 0) is 16.2 Å². The minimum absolute atomic E-state index is 0.142. The van der Waals surface area contributed by atoms with Crippen LogP contribution in [0.25, 0.3) is 16.9 Å². The molecule has 30 heavy (non-hydrogen) atoms. The Morgan fingerprint density at radius 1 is 1.10 bits per heavy atom. The monoisotopic (exact) mass is 437 g/mol. The molecular formula is C20H18F3N3O3S. The number of aromatic nitrogens is 2. The van der Waals surface area contributed by atoms with Crippen molar-refractivity contribution in [3.05, 3.63) is 59.8 Å². The number of rotatable bonds is 5. The van der Waals surface area contributed by atoms with E-state index in [9.17, 15) is 21.6 Å². The second kappa shape index (κ2) is 7.13. The van der Waals surface area contributed by atoms with E-state index in [1.807, 2.05) is 6.07 Å². The highest BCUT2D eigenvalue weighted by molar-refractivity contribution is 7.89. The lowest BCUT2D eigenvalue weighted by Gasteiger charge is -2.12. The number of nitrogens with two attached hydrogens (primary N) is 1. The number of ether oxygens (including phenoxy) is 1. The molecule has 6 nitrogen and oxygen atoms in total. The van der Waals surface area contributed by atoms with Gasteiger partial charge in [-0.15, -0.1) is 0 Å². The molecule has 1 aliphatic rings. The smallest absolute Gasteiger partial charge is 0.435 e. The van der Waals surface area contributed by atoms with E-state index in [2.05, 4.69) is 5.10 Å². The van der Waals surface area contributed by atoms with Crippen LogP contribution in [0.2, 0.25) is 0 Å². The molecule has 3 aromatic rings. The second-order valence-electron chi connectivity index (χ2n) is 7.09. The van der Waals surface area contributed by atoms with Crippen LogP contribution in [0.3, 0.4) is 0 Å². The summed E-state index contributed by atoms with van der Waals surface area (Å²) in [5.41, 5.74) is 0.959. The molecule has 1 aromatic heterocycles. The molecule has 10 heteroatoms. The third kappa shape index (κ3) is 3.92. The quantitative estimate of drug-likeness (QED) is 0.651. The third-order valence-corrected chi connectivity index (χ3v) is 5.88. The van der Waals surface area contributed by atoms with Gasteiger partial charge in [-0.1, -0.05) is 0 Å². The fourth-order valence-corrected chi connectivity index (χ4v) is 3.82. The maximum absolute atomic E-state index is 13.4. The second-order valence-corrected chi connectivity index (χ2v) is 8.66. The van der Waals surface area contributed by atoms with Crippen molar-refractivity contribution in [2.45, 2.75) is 29.8 Å². The van der Waals surface area contributed by atoms with Gasteiger partial charge in [0.1, 0.15) is 5.75 Å². The first-order chi connectivity index (χ1) is 14.1. The molecule has 158 valence electrons. The van der Waals surface area contributed by atoms with Gasteiger partial charge >= 0.3 is 6.18 Å². The zero-order valence-electron chi connectivity index (χ0n) is 15.8. The zero-order chi connectivity index (χ0) is 21.7. The molecule has 1 aliphatic carbocycles. The van der Waals surface area contributed by atoms with Gasteiger partial charge in [0, 0.05) is 5.56 Å². The first-order valence-electron chi connectivity index (χ1n) is 9.07. The Morgan fingerprint density at radius 2 is 1.77 bits per heavy atom. The number of nitrogens with zero attached hydrogens (tertiary/aromatic N) is 2. The zero-order valence-corrected chi connectivity index (χ0v) is 16.7. The number of hydrogen-bond donors (Lipinski definition) is 1. The van der Waals surface area contributed by atoms with Gasteiger partial charge in [-0.05, 0) is 72.9 Å². The minimum Gasteiger partial charge on any atom is -0.496 e. The lowest BCUT2D eigenvalue weighted by molar-refractivity contribution is -0.141.